The van der Waals surface area contributed by atoms with Crippen molar-refractivity contribution in [3.63, 3.8) is 0 Å². The molecule has 118 valence electrons. The molecule has 3 heterocycles. The fraction of sp³-hybridized carbons (Fsp3) is 0.533. The molecule has 2 aromatic rings. The number of carbonyl (C=O) groups is 1. The molecule has 7 heteroatoms. The molecule has 2 atom stereocenters. The minimum Gasteiger partial charge on any atom is -0.373 e. The van der Waals surface area contributed by atoms with Gasteiger partial charge in [-0.05, 0) is 20.3 Å². The monoisotopic (exact) mass is 304 g/mol. The molecule has 1 N–H and O–H groups in total. The lowest BCUT2D eigenvalue weighted by atomic mass is 9.94. The highest BCUT2D eigenvalue weighted by Crippen LogP contribution is 2.37. The fourth-order valence-corrected chi connectivity index (χ4v) is 3.01. The van der Waals surface area contributed by atoms with Crippen molar-refractivity contribution in [2.45, 2.75) is 26.4 Å². The average molecular weight is 304 g/mol. The van der Waals surface area contributed by atoms with Gasteiger partial charge in [-0.25, -0.2) is 0 Å². The maximum Gasteiger partial charge on any atom is 0.273 e. The van der Waals surface area contributed by atoms with Crippen LogP contribution in [0.2, 0.25) is 0 Å². The number of nitrogens with one attached hydrogen (secondary N) is 1. The van der Waals surface area contributed by atoms with E-state index in [1.165, 1.54) is 6.26 Å². The van der Waals surface area contributed by atoms with Crippen molar-refractivity contribution in [3.05, 3.63) is 35.0 Å². The van der Waals surface area contributed by atoms with E-state index in [4.69, 9.17) is 4.74 Å². The Labute approximate surface area is 128 Å². The maximum absolute atomic E-state index is 12.0. The lowest BCUT2D eigenvalue weighted by Crippen LogP contribution is -2.31. The summed E-state index contributed by atoms with van der Waals surface area (Å²) in [5.74, 6) is 0.0106. The van der Waals surface area contributed by atoms with E-state index in [1.54, 1.807) is 6.07 Å². The standard InChI is InChI=1S/C15H20N4O3/c1-9-13(10(2)19(3)17-9)14-11(4-6-21-14)8-16-15(20)12-5-7-22-18-12/h5,7,11,14H,4,6,8H2,1-3H3,(H,16,20)/t11-,14+/m1/s1. The van der Waals surface area contributed by atoms with Crippen LogP contribution >= 0.6 is 0 Å². The number of aromatic nitrogens is 3. The Morgan fingerprint density at radius 3 is 2.95 bits per heavy atom. The third kappa shape index (κ3) is 2.64. The molecule has 3 rings (SSSR count). The highest BCUT2D eigenvalue weighted by molar-refractivity contribution is 5.91. The first-order valence-electron chi connectivity index (χ1n) is 7.38. The summed E-state index contributed by atoms with van der Waals surface area (Å²) in [6.07, 6.45) is 2.28. The Balaban J connectivity index is 1.70. The molecule has 0 aliphatic carbocycles. The van der Waals surface area contributed by atoms with Crippen LogP contribution in [-0.2, 0) is 11.8 Å². The van der Waals surface area contributed by atoms with Gasteiger partial charge in [0.15, 0.2) is 5.69 Å². The number of amides is 1. The zero-order valence-electron chi connectivity index (χ0n) is 13.0. The van der Waals surface area contributed by atoms with Crippen LogP contribution < -0.4 is 5.32 Å². The van der Waals surface area contributed by atoms with Gasteiger partial charge in [-0.3, -0.25) is 9.48 Å². The van der Waals surface area contributed by atoms with E-state index in [1.807, 2.05) is 25.6 Å². The van der Waals surface area contributed by atoms with Crippen LogP contribution in [0.3, 0.4) is 0 Å². The molecule has 1 amide bonds. The van der Waals surface area contributed by atoms with Crippen LogP contribution in [0.5, 0.6) is 0 Å². The van der Waals surface area contributed by atoms with Crippen LogP contribution in [0, 0.1) is 19.8 Å². The minimum absolute atomic E-state index is 0.0219. The number of carbonyl (C=O) groups excluding carboxylic acids is 1. The summed E-state index contributed by atoms with van der Waals surface area (Å²) in [4.78, 5) is 12.0. The second kappa shape index (κ2) is 5.92. The van der Waals surface area contributed by atoms with Crippen molar-refractivity contribution in [3.8, 4) is 0 Å². The largest absolute Gasteiger partial charge is 0.373 e. The summed E-state index contributed by atoms with van der Waals surface area (Å²) in [5.41, 5.74) is 3.53. The predicted molar refractivity (Wildman–Crippen MR) is 78.3 cm³/mol. The molecule has 1 aliphatic rings. The van der Waals surface area contributed by atoms with Gasteiger partial charge in [0.05, 0.1) is 11.8 Å². The number of aryl methyl sites for hydroxylation is 2. The first-order valence-corrected chi connectivity index (χ1v) is 7.38. The molecule has 0 aromatic carbocycles. The van der Waals surface area contributed by atoms with Crippen molar-refractivity contribution in [1.82, 2.24) is 20.3 Å². The minimum atomic E-state index is -0.223. The molecule has 1 aliphatic heterocycles. The zero-order valence-corrected chi connectivity index (χ0v) is 13.0. The molecule has 22 heavy (non-hydrogen) atoms. The van der Waals surface area contributed by atoms with Gasteiger partial charge < -0.3 is 14.6 Å². The maximum atomic E-state index is 12.0. The number of ether oxygens (including phenoxy) is 1. The van der Waals surface area contributed by atoms with E-state index in [-0.39, 0.29) is 17.9 Å². The molecule has 0 bridgehead atoms. The second-order valence-corrected chi connectivity index (χ2v) is 5.64. The van der Waals surface area contributed by atoms with Gasteiger partial charge in [0.1, 0.15) is 6.26 Å². The van der Waals surface area contributed by atoms with Crippen LogP contribution in [0.15, 0.2) is 16.9 Å². The average Bonchev–Trinajstić information content (AvgIpc) is 3.20. The second-order valence-electron chi connectivity index (χ2n) is 5.64. The van der Waals surface area contributed by atoms with Crippen molar-refractivity contribution < 1.29 is 14.1 Å². The Morgan fingerprint density at radius 1 is 1.50 bits per heavy atom. The molecule has 2 aromatic heterocycles. The number of nitrogens with zero attached hydrogens (tertiary/aromatic N) is 3. The Kier molecular flexibility index (Phi) is 3.98. The Morgan fingerprint density at radius 2 is 2.32 bits per heavy atom. The number of rotatable bonds is 4. The van der Waals surface area contributed by atoms with Crippen molar-refractivity contribution in [2.24, 2.45) is 13.0 Å². The number of hydrogen-bond acceptors (Lipinski definition) is 5. The summed E-state index contributed by atoms with van der Waals surface area (Å²) in [7, 11) is 1.93. The molecule has 7 nitrogen and oxygen atoms in total. The van der Waals surface area contributed by atoms with E-state index in [9.17, 15) is 4.79 Å². The first-order chi connectivity index (χ1) is 10.6. The molecule has 1 saturated heterocycles. The van der Waals surface area contributed by atoms with Gasteiger partial charge in [0.25, 0.3) is 5.91 Å². The lowest BCUT2D eigenvalue weighted by molar-refractivity contribution is 0.0836. The third-order valence-corrected chi connectivity index (χ3v) is 4.26. The third-order valence-electron chi connectivity index (χ3n) is 4.26. The molecular formula is C15H20N4O3. The van der Waals surface area contributed by atoms with E-state index in [0.29, 0.717) is 18.8 Å². The molecule has 0 saturated carbocycles. The SMILES string of the molecule is Cc1nn(C)c(C)c1[C@H]1OCC[C@@H]1CNC(=O)c1ccon1. The smallest absolute Gasteiger partial charge is 0.273 e. The summed E-state index contributed by atoms with van der Waals surface area (Å²) < 4.78 is 12.5. The molecule has 0 unspecified atom stereocenters. The van der Waals surface area contributed by atoms with Crippen molar-refractivity contribution in [2.75, 3.05) is 13.2 Å². The molecule has 0 radical (unpaired) electrons. The quantitative estimate of drug-likeness (QED) is 0.926. The molecular weight excluding hydrogens is 284 g/mol. The summed E-state index contributed by atoms with van der Waals surface area (Å²) >= 11 is 0. The molecule has 1 fully saturated rings. The van der Waals surface area contributed by atoms with E-state index in [2.05, 4.69) is 20.1 Å². The summed E-state index contributed by atoms with van der Waals surface area (Å²) in [5, 5.41) is 11.0. The van der Waals surface area contributed by atoms with Crippen LogP contribution in [0.1, 0.15) is 40.0 Å². The summed E-state index contributed by atoms with van der Waals surface area (Å²) in [6, 6.07) is 1.55. The van der Waals surface area contributed by atoms with Crippen LogP contribution in [0.25, 0.3) is 0 Å². The van der Waals surface area contributed by atoms with Crippen LogP contribution in [0.4, 0.5) is 0 Å². The van der Waals surface area contributed by atoms with Gasteiger partial charge in [-0.15, -0.1) is 0 Å². The normalized spacial score (nSPS) is 21.2. The molecule has 0 spiro atoms. The highest BCUT2D eigenvalue weighted by Gasteiger charge is 2.33. The van der Waals surface area contributed by atoms with Crippen molar-refractivity contribution in [1.29, 1.82) is 0 Å². The topological polar surface area (TPSA) is 82.2 Å². The van der Waals surface area contributed by atoms with E-state index < -0.39 is 0 Å². The van der Waals surface area contributed by atoms with Gasteiger partial charge in [0, 0.05) is 43.4 Å². The highest BCUT2D eigenvalue weighted by atomic mass is 16.5. The van der Waals surface area contributed by atoms with E-state index in [0.717, 1.165) is 23.4 Å². The Hall–Kier alpha value is -2.15. The van der Waals surface area contributed by atoms with Gasteiger partial charge >= 0.3 is 0 Å². The van der Waals surface area contributed by atoms with Crippen molar-refractivity contribution >= 4 is 5.91 Å². The van der Waals surface area contributed by atoms with Gasteiger partial charge in [0.2, 0.25) is 0 Å². The zero-order chi connectivity index (χ0) is 15.7. The van der Waals surface area contributed by atoms with Gasteiger partial charge in [-0.2, -0.15) is 5.10 Å². The van der Waals surface area contributed by atoms with Crippen LogP contribution in [-0.4, -0.2) is 34.0 Å². The summed E-state index contributed by atoms with van der Waals surface area (Å²) in [6.45, 7) is 5.28. The van der Waals surface area contributed by atoms with E-state index >= 15 is 0 Å². The lowest BCUT2D eigenvalue weighted by Gasteiger charge is -2.19. The first kappa shape index (κ1) is 14.8. The number of hydrogen-bond donors (Lipinski definition) is 1. The predicted octanol–water partition coefficient (Wildman–Crippen LogP) is 1.53. The van der Waals surface area contributed by atoms with Gasteiger partial charge in [-0.1, -0.05) is 5.16 Å². The Bertz CT molecular complexity index is 663. The fourth-order valence-electron chi connectivity index (χ4n) is 3.01.